The van der Waals surface area contributed by atoms with E-state index in [9.17, 15) is 5.11 Å². The highest BCUT2D eigenvalue weighted by molar-refractivity contribution is 5.27. The van der Waals surface area contributed by atoms with Crippen LogP contribution in [-0.2, 0) is 16.8 Å². The van der Waals surface area contributed by atoms with Gasteiger partial charge in [-0.25, -0.2) is 0 Å². The van der Waals surface area contributed by atoms with Gasteiger partial charge in [0, 0.05) is 26.1 Å². The molecule has 1 saturated heterocycles. The van der Waals surface area contributed by atoms with Crippen molar-refractivity contribution >= 4 is 0 Å². The Labute approximate surface area is 104 Å². The molecule has 0 amide bonds. The summed E-state index contributed by atoms with van der Waals surface area (Å²) in [6.07, 6.45) is 5.02. The van der Waals surface area contributed by atoms with Crippen molar-refractivity contribution in [1.29, 1.82) is 0 Å². The van der Waals surface area contributed by atoms with Gasteiger partial charge in [0.1, 0.15) is 0 Å². The quantitative estimate of drug-likeness (QED) is 0.867. The molecule has 1 N–H and O–H groups in total. The maximum Gasteiger partial charge on any atom is 0.0940 e. The number of hydrogen-bond donors (Lipinski definition) is 1. The zero-order valence-corrected chi connectivity index (χ0v) is 10.6. The fourth-order valence-corrected chi connectivity index (χ4v) is 2.36. The highest BCUT2D eigenvalue weighted by atomic mass is 16.5. The molecular formula is C15H22O2. The van der Waals surface area contributed by atoms with Gasteiger partial charge >= 0.3 is 0 Å². The van der Waals surface area contributed by atoms with E-state index in [0.717, 1.165) is 12.0 Å². The lowest BCUT2D eigenvalue weighted by Gasteiger charge is -2.32. The van der Waals surface area contributed by atoms with E-state index < -0.39 is 5.60 Å². The fraction of sp³-hybridized carbons (Fsp3) is 0.600. The smallest absolute Gasteiger partial charge is 0.0940 e. The van der Waals surface area contributed by atoms with Gasteiger partial charge in [0.15, 0.2) is 0 Å². The van der Waals surface area contributed by atoms with Crippen LogP contribution in [0.1, 0.15) is 43.7 Å². The van der Waals surface area contributed by atoms with E-state index in [1.54, 1.807) is 0 Å². The summed E-state index contributed by atoms with van der Waals surface area (Å²) in [4.78, 5) is 0. The largest absolute Gasteiger partial charge is 0.385 e. The Bertz CT molecular complexity index is 336. The Morgan fingerprint density at radius 3 is 2.41 bits per heavy atom. The minimum absolute atomic E-state index is 0.661. The highest BCUT2D eigenvalue weighted by Crippen LogP contribution is 2.31. The van der Waals surface area contributed by atoms with E-state index in [4.69, 9.17) is 4.74 Å². The molecule has 1 aromatic rings. The van der Waals surface area contributed by atoms with Gasteiger partial charge in [0.25, 0.3) is 0 Å². The van der Waals surface area contributed by atoms with Crippen molar-refractivity contribution in [2.45, 2.75) is 44.6 Å². The molecule has 2 heteroatoms. The first-order chi connectivity index (χ1) is 8.24. The summed E-state index contributed by atoms with van der Waals surface area (Å²) in [5.41, 5.74) is 1.74. The fourth-order valence-electron chi connectivity index (χ4n) is 2.36. The molecule has 1 heterocycles. The van der Waals surface area contributed by atoms with Gasteiger partial charge in [-0.1, -0.05) is 37.6 Å². The van der Waals surface area contributed by atoms with Crippen LogP contribution < -0.4 is 0 Å². The molecular weight excluding hydrogens is 212 g/mol. The Morgan fingerprint density at radius 2 is 1.82 bits per heavy atom. The molecule has 17 heavy (non-hydrogen) atoms. The van der Waals surface area contributed by atoms with Crippen molar-refractivity contribution in [3.8, 4) is 0 Å². The molecule has 0 saturated carbocycles. The average molecular weight is 234 g/mol. The monoisotopic (exact) mass is 234 g/mol. The van der Waals surface area contributed by atoms with Gasteiger partial charge in [0.05, 0.1) is 5.60 Å². The van der Waals surface area contributed by atoms with Gasteiger partial charge in [-0.2, -0.15) is 0 Å². The summed E-state index contributed by atoms with van der Waals surface area (Å²) in [5.74, 6) is 0. The highest BCUT2D eigenvalue weighted by Gasteiger charge is 2.31. The van der Waals surface area contributed by atoms with Gasteiger partial charge in [-0.3, -0.25) is 0 Å². The zero-order valence-electron chi connectivity index (χ0n) is 10.6. The minimum Gasteiger partial charge on any atom is -0.385 e. The summed E-state index contributed by atoms with van der Waals surface area (Å²) in [7, 11) is 0. The molecule has 1 aliphatic rings. The van der Waals surface area contributed by atoms with Crippen molar-refractivity contribution in [2.75, 3.05) is 13.2 Å². The average Bonchev–Trinajstić information content (AvgIpc) is 2.38. The van der Waals surface area contributed by atoms with Crippen LogP contribution in [0.25, 0.3) is 0 Å². The second kappa shape index (κ2) is 5.65. The van der Waals surface area contributed by atoms with Crippen LogP contribution in [0.4, 0.5) is 0 Å². The second-order valence-electron chi connectivity index (χ2n) is 4.94. The van der Waals surface area contributed by atoms with Gasteiger partial charge < -0.3 is 9.84 Å². The predicted molar refractivity (Wildman–Crippen MR) is 69.0 cm³/mol. The number of hydrogen-bond acceptors (Lipinski definition) is 2. The Hall–Kier alpha value is -0.860. The Morgan fingerprint density at radius 1 is 1.18 bits per heavy atom. The molecule has 0 spiro atoms. The van der Waals surface area contributed by atoms with Crippen molar-refractivity contribution in [3.05, 3.63) is 35.4 Å². The van der Waals surface area contributed by atoms with Crippen molar-refractivity contribution in [1.82, 2.24) is 0 Å². The van der Waals surface area contributed by atoms with E-state index in [2.05, 4.69) is 31.2 Å². The third-order valence-electron chi connectivity index (χ3n) is 3.63. The molecule has 2 rings (SSSR count). The first-order valence-electron chi connectivity index (χ1n) is 6.64. The first kappa shape index (κ1) is 12.6. The van der Waals surface area contributed by atoms with Crippen LogP contribution in [0.15, 0.2) is 24.3 Å². The molecule has 0 aliphatic carbocycles. The molecule has 1 aliphatic heterocycles. The van der Waals surface area contributed by atoms with Gasteiger partial charge in [0.2, 0.25) is 0 Å². The van der Waals surface area contributed by atoms with Gasteiger partial charge in [-0.15, -0.1) is 0 Å². The Kier molecular flexibility index (Phi) is 4.19. The normalized spacial score (nSPS) is 19.2. The maximum atomic E-state index is 10.5. The number of unbranched alkanes of at least 4 members (excludes halogenated alkanes) is 1. The Balaban J connectivity index is 2.06. The van der Waals surface area contributed by atoms with Crippen LogP contribution in [0.3, 0.4) is 0 Å². The zero-order chi connectivity index (χ0) is 12.1. The number of benzene rings is 1. The SMILES string of the molecule is CCCCc1ccc(C2(O)CCOCC2)cc1. The first-order valence-corrected chi connectivity index (χ1v) is 6.64. The van der Waals surface area contributed by atoms with E-state index in [-0.39, 0.29) is 0 Å². The van der Waals surface area contributed by atoms with Crippen LogP contribution in [0.5, 0.6) is 0 Å². The van der Waals surface area contributed by atoms with E-state index >= 15 is 0 Å². The third-order valence-corrected chi connectivity index (χ3v) is 3.63. The number of rotatable bonds is 4. The molecule has 2 nitrogen and oxygen atoms in total. The second-order valence-corrected chi connectivity index (χ2v) is 4.94. The van der Waals surface area contributed by atoms with Crippen molar-refractivity contribution in [2.24, 2.45) is 0 Å². The molecule has 0 bridgehead atoms. The summed E-state index contributed by atoms with van der Waals surface area (Å²) >= 11 is 0. The maximum absolute atomic E-state index is 10.5. The number of ether oxygens (including phenoxy) is 1. The summed E-state index contributed by atoms with van der Waals surface area (Å²) < 4.78 is 5.30. The lowest BCUT2D eigenvalue weighted by Crippen LogP contribution is -2.33. The van der Waals surface area contributed by atoms with E-state index in [0.29, 0.717) is 26.1 Å². The lowest BCUT2D eigenvalue weighted by molar-refractivity contribution is -0.0679. The standard InChI is InChI=1S/C15H22O2/c1-2-3-4-13-5-7-14(8-6-13)15(16)9-11-17-12-10-15/h5-8,16H,2-4,9-12H2,1H3. The summed E-state index contributed by atoms with van der Waals surface area (Å²) in [5, 5.41) is 10.5. The van der Waals surface area contributed by atoms with Crippen LogP contribution in [0.2, 0.25) is 0 Å². The molecule has 0 aromatic heterocycles. The molecule has 0 radical (unpaired) electrons. The summed E-state index contributed by atoms with van der Waals surface area (Å²) in [6.45, 7) is 3.53. The van der Waals surface area contributed by atoms with Crippen LogP contribution >= 0.6 is 0 Å². The molecule has 0 unspecified atom stereocenters. The number of aliphatic hydroxyl groups is 1. The minimum atomic E-state index is -0.665. The molecule has 0 atom stereocenters. The third kappa shape index (κ3) is 3.08. The van der Waals surface area contributed by atoms with E-state index in [1.807, 2.05) is 0 Å². The summed E-state index contributed by atoms with van der Waals surface area (Å²) in [6, 6.07) is 8.46. The molecule has 1 aromatic carbocycles. The molecule has 1 fully saturated rings. The van der Waals surface area contributed by atoms with Gasteiger partial charge in [-0.05, 0) is 24.0 Å². The molecule has 94 valence electrons. The van der Waals surface area contributed by atoms with Crippen molar-refractivity contribution in [3.63, 3.8) is 0 Å². The lowest BCUT2D eigenvalue weighted by atomic mass is 9.86. The van der Waals surface area contributed by atoms with Crippen LogP contribution in [0, 0.1) is 0 Å². The van der Waals surface area contributed by atoms with Crippen LogP contribution in [-0.4, -0.2) is 18.3 Å². The van der Waals surface area contributed by atoms with Crippen molar-refractivity contribution < 1.29 is 9.84 Å². The predicted octanol–water partition coefficient (Wildman–Crippen LogP) is 3.03. The number of aryl methyl sites for hydroxylation is 1. The topological polar surface area (TPSA) is 29.5 Å². The van der Waals surface area contributed by atoms with E-state index in [1.165, 1.54) is 18.4 Å².